The first kappa shape index (κ1) is 56.2. The molecule has 0 bridgehead atoms. The van der Waals surface area contributed by atoms with Gasteiger partial charge in [0.25, 0.3) is 20.2 Å². The van der Waals surface area contributed by atoms with Crippen LogP contribution >= 0.6 is 0 Å². The predicted octanol–water partition coefficient (Wildman–Crippen LogP) is 11.6. The van der Waals surface area contributed by atoms with E-state index in [0.29, 0.717) is 0 Å². The molecule has 308 valence electrons. The van der Waals surface area contributed by atoms with Gasteiger partial charge in [0.2, 0.25) is 0 Å². The minimum atomic E-state index is -4.06. The average molecular weight is 821 g/mol. The molecule has 0 amide bonds. The van der Waals surface area contributed by atoms with Crippen molar-refractivity contribution in [3.63, 3.8) is 0 Å². The van der Waals surface area contributed by atoms with Crippen LogP contribution < -0.4 is 0 Å². The second-order valence-corrected chi connectivity index (χ2v) is 17.1. The van der Waals surface area contributed by atoms with Crippen molar-refractivity contribution in [1.82, 2.24) is 0 Å². The van der Waals surface area contributed by atoms with Gasteiger partial charge in [-0.05, 0) is 88.8 Å². The quantitative estimate of drug-likeness (QED) is 0.0464. The van der Waals surface area contributed by atoms with Gasteiger partial charge in [-0.3, -0.25) is 9.11 Å². The topological polar surface area (TPSA) is 149 Å². The van der Waals surface area contributed by atoms with Crippen LogP contribution in [0, 0.1) is 0 Å². The molecule has 2 aromatic carbocycles. The van der Waals surface area contributed by atoms with Gasteiger partial charge < -0.3 is 10.2 Å². The Kier molecular flexibility index (Phi) is 38.8. The van der Waals surface area contributed by atoms with E-state index in [1.165, 1.54) is 140 Å². The molecule has 8 nitrogen and oxygen atoms in total. The second kappa shape index (κ2) is 36.5. The molecule has 53 heavy (non-hydrogen) atoms. The Hall–Kier alpha value is -1.11. The number of hydrogen-bond acceptors (Lipinski definition) is 6. The first-order valence-electron chi connectivity index (χ1n) is 20.0. The van der Waals surface area contributed by atoms with Crippen molar-refractivity contribution in [3.05, 3.63) is 59.7 Å². The molecule has 0 fully saturated rings. The molecule has 0 aromatic heterocycles. The van der Waals surface area contributed by atoms with Crippen LogP contribution in [0.4, 0.5) is 0 Å². The third-order valence-electron chi connectivity index (χ3n) is 8.08. The Morgan fingerprint density at radius 1 is 0.415 bits per heavy atom. The summed E-state index contributed by atoms with van der Waals surface area (Å²) in [5, 5.41) is 16.1. The molecule has 0 saturated carbocycles. The molecule has 0 saturated heterocycles. The van der Waals surface area contributed by atoms with Gasteiger partial charge in [0, 0.05) is 33.9 Å². The van der Waals surface area contributed by atoms with E-state index in [-0.39, 0.29) is 43.7 Å². The van der Waals surface area contributed by atoms with Crippen LogP contribution in [0.1, 0.15) is 181 Å². The standard InChI is InChI=1S/2C18H30O3S.2C3H8O.Ti/c2*1-2-3-4-5-6-7-8-9-10-11-12-17-13-15-18(16-14-17)22(19,20)21;2*1-3(2)4;/h2*13-16H,2-12H2,1H3,(H,19,20,21);2*3-4H,1-2H3;. The normalized spacial score (nSPS) is 11.1. The van der Waals surface area contributed by atoms with Crippen molar-refractivity contribution >= 4 is 20.2 Å². The van der Waals surface area contributed by atoms with Gasteiger partial charge in [0.1, 0.15) is 0 Å². The number of benzene rings is 2. The van der Waals surface area contributed by atoms with Crippen LogP contribution in [-0.4, -0.2) is 48.4 Å². The van der Waals surface area contributed by atoms with E-state index in [0.717, 1.165) is 36.8 Å². The maximum absolute atomic E-state index is 10.9. The molecular weight excluding hydrogens is 744 g/mol. The third kappa shape index (κ3) is 40.4. The fraction of sp³-hybridized carbons (Fsp3) is 0.714. The monoisotopic (exact) mass is 820 g/mol. The molecule has 2 aromatic rings. The van der Waals surface area contributed by atoms with Crippen molar-refractivity contribution in [3.8, 4) is 0 Å². The molecule has 0 aliphatic heterocycles. The second-order valence-electron chi connectivity index (χ2n) is 14.3. The number of hydrogen-bond donors (Lipinski definition) is 4. The zero-order valence-electron chi connectivity index (χ0n) is 34.1. The molecule has 4 N–H and O–H groups in total. The van der Waals surface area contributed by atoms with Crippen LogP contribution in [0.5, 0.6) is 0 Å². The molecule has 0 unspecified atom stereocenters. The maximum Gasteiger partial charge on any atom is 0.294 e. The first-order valence-corrected chi connectivity index (χ1v) is 22.9. The van der Waals surface area contributed by atoms with Crippen LogP contribution in [0.25, 0.3) is 0 Å². The van der Waals surface area contributed by atoms with Crippen molar-refractivity contribution in [2.45, 2.75) is 205 Å². The van der Waals surface area contributed by atoms with Crippen molar-refractivity contribution in [2.24, 2.45) is 0 Å². The zero-order chi connectivity index (χ0) is 39.7. The summed E-state index contributed by atoms with van der Waals surface area (Å²) in [6, 6.07) is 13.0. The summed E-state index contributed by atoms with van der Waals surface area (Å²) in [5.74, 6) is 0. The molecule has 0 spiro atoms. The van der Waals surface area contributed by atoms with E-state index in [2.05, 4.69) is 13.8 Å². The average Bonchev–Trinajstić information content (AvgIpc) is 3.06. The van der Waals surface area contributed by atoms with Gasteiger partial charge in [-0.15, -0.1) is 0 Å². The van der Waals surface area contributed by atoms with E-state index in [4.69, 9.17) is 19.3 Å². The Balaban J connectivity index is -0.000000771. The smallest absolute Gasteiger partial charge is 0.294 e. The van der Waals surface area contributed by atoms with Crippen LogP contribution in [0.2, 0.25) is 0 Å². The molecule has 11 heteroatoms. The number of unbranched alkanes of at least 4 members (excludes halogenated alkanes) is 18. The Labute approximate surface area is 340 Å². The molecular formula is C42H76O8S2Ti. The van der Waals surface area contributed by atoms with E-state index in [1.807, 2.05) is 0 Å². The summed E-state index contributed by atoms with van der Waals surface area (Å²) in [6.45, 7) is 11.4. The Morgan fingerprint density at radius 2 is 0.604 bits per heavy atom. The number of rotatable bonds is 24. The number of aryl methyl sites for hydroxylation is 2. The van der Waals surface area contributed by atoms with Gasteiger partial charge in [-0.1, -0.05) is 154 Å². The molecule has 0 radical (unpaired) electrons. The van der Waals surface area contributed by atoms with E-state index in [1.54, 1.807) is 52.0 Å². The Bertz CT molecular complexity index is 1170. The van der Waals surface area contributed by atoms with Crippen LogP contribution in [0.3, 0.4) is 0 Å². The van der Waals surface area contributed by atoms with Gasteiger partial charge in [-0.2, -0.15) is 16.8 Å². The van der Waals surface area contributed by atoms with Crippen LogP contribution in [0.15, 0.2) is 58.3 Å². The summed E-state index contributed by atoms with van der Waals surface area (Å²) in [6.07, 6.45) is 27.9. The van der Waals surface area contributed by atoms with Gasteiger partial charge in [0.15, 0.2) is 0 Å². The molecule has 0 heterocycles. The SMILES string of the molecule is CC(C)O.CC(C)O.CCCCCCCCCCCCc1ccc(S(=O)(=O)O)cc1.CCCCCCCCCCCCc1ccc(S(=O)(=O)O)cc1.[Ti]. The summed E-state index contributed by atoms with van der Waals surface area (Å²) >= 11 is 0. The molecule has 0 aliphatic carbocycles. The van der Waals surface area contributed by atoms with Gasteiger partial charge in [-0.25, -0.2) is 0 Å². The fourth-order valence-electron chi connectivity index (χ4n) is 5.29. The third-order valence-corrected chi connectivity index (χ3v) is 9.82. The first-order chi connectivity index (χ1) is 24.5. The van der Waals surface area contributed by atoms with E-state index < -0.39 is 20.2 Å². The van der Waals surface area contributed by atoms with E-state index >= 15 is 0 Å². The van der Waals surface area contributed by atoms with Crippen LogP contribution in [-0.2, 0) is 54.8 Å². The summed E-state index contributed by atoms with van der Waals surface area (Å²) in [4.78, 5) is -0.0568. The molecule has 0 atom stereocenters. The van der Waals surface area contributed by atoms with E-state index in [9.17, 15) is 16.8 Å². The van der Waals surface area contributed by atoms with Gasteiger partial charge in [0.05, 0.1) is 9.79 Å². The maximum atomic E-state index is 10.9. The minimum absolute atomic E-state index is 0. The van der Waals surface area contributed by atoms with Crippen molar-refractivity contribution in [1.29, 1.82) is 0 Å². The zero-order valence-corrected chi connectivity index (χ0v) is 37.3. The summed E-state index contributed by atoms with van der Waals surface area (Å²) in [7, 11) is -8.13. The molecule has 0 aliphatic rings. The molecule has 2 rings (SSSR count). The largest absolute Gasteiger partial charge is 0.394 e. The number of aliphatic hydroxyl groups is 2. The van der Waals surface area contributed by atoms with Gasteiger partial charge >= 0.3 is 0 Å². The van der Waals surface area contributed by atoms with Crippen molar-refractivity contribution < 1.29 is 57.9 Å². The fourth-order valence-corrected chi connectivity index (χ4v) is 6.25. The summed E-state index contributed by atoms with van der Waals surface area (Å²) in [5.41, 5.74) is 2.26. The predicted molar refractivity (Wildman–Crippen MR) is 218 cm³/mol. The summed E-state index contributed by atoms with van der Waals surface area (Å²) < 4.78 is 61.6. The minimum Gasteiger partial charge on any atom is -0.394 e. The Morgan fingerprint density at radius 3 is 0.792 bits per heavy atom. The van der Waals surface area contributed by atoms with Crippen molar-refractivity contribution in [2.75, 3.05) is 0 Å². The number of aliphatic hydroxyl groups excluding tert-OH is 2.